The Bertz CT molecular complexity index is 1700. The number of carbonyl (C=O) groups excluding carboxylic acids is 3. The molecule has 1 aromatic heterocycles. The van der Waals surface area contributed by atoms with Gasteiger partial charge >= 0.3 is 0 Å². The zero-order valence-corrected chi connectivity index (χ0v) is 29.5. The first-order chi connectivity index (χ1) is 22.9. The van der Waals surface area contributed by atoms with E-state index in [1.807, 2.05) is 62.1 Å². The molecule has 2 aliphatic heterocycles. The summed E-state index contributed by atoms with van der Waals surface area (Å²) in [5.74, 6) is 0.825. The number of likely N-dealkylation sites (tertiary alicyclic amines) is 1. The molecular weight excluding hydrogens is 628 g/mol. The van der Waals surface area contributed by atoms with Gasteiger partial charge < -0.3 is 19.7 Å². The Hall–Kier alpha value is -3.77. The smallest absolute Gasteiger partial charge is 0.242 e. The van der Waals surface area contributed by atoms with Crippen molar-refractivity contribution in [1.82, 2.24) is 29.6 Å². The Morgan fingerprint density at radius 2 is 1.69 bits per heavy atom. The van der Waals surface area contributed by atoms with Gasteiger partial charge in [-0.15, -0.1) is 0 Å². The van der Waals surface area contributed by atoms with Crippen LogP contribution in [0.3, 0.4) is 0 Å². The normalized spacial score (nSPS) is 20.2. The SMILES string of the molecule is Cc1nc2ccccc2n1CCC(=O)N1C[C@@H]2C[C@H]1C(=O)NCCCCN(Cc1ccc(S(C)(=O)=O)cc1)CCCN2C(=O)CC(C)C. The minimum absolute atomic E-state index is 0.0546. The summed E-state index contributed by atoms with van der Waals surface area (Å²) in [6.07, 6.45) is 4.68. The van der Waals surface area contributed by atoms with Gasteiger partial charge in [0.2, 0.25) is 17.7 Å². The summed E-state index contributed by atoms with van der Waals surface area (Å²) in [6.45, 7) is 10.1. The number of rotatable bonds is 8. The van der Waals surface area contributed by atoms with Gasteiger partial charge in [0.25, 0.3) is 0 Å². The van der Waals surface area contributed by atoms with Gasteiger partial charge in [0.15, 0.2) is 9.84 Å². The van der Waals surface area contributed by atoms with Crippen LogP contribution in [0.2, 0.25) is 0 Å². The summed E-state index contributed by atoms with van der Waals surface area (Å²) >= 11 is 0. The van der Waals surface area contributed by atoms with Gasteiger partial charge in [-0.05, 0) is 74.9 Å². The van der Waals surface area contributed by atoms with Crippen molar-refractivity contribution in [2.45, 2.75) is 89.4 Å². The predicted molar refractivity (Wildman–Crippen MR) is 186 cm³/mol. The molecule has 2 fully saturated rings. The number of carbonyl (C=O) groups is 3. The lowest BCUT2D eigenvalue weighted by Crippen LogP contribution is -2.46. The van der Waals surface area contributed by atoms with Crippen molar-refractivity contribution in [3.8, 4) is 0 Å². The Labute approximate surface area is 284 Å². The molecule has 3 amide bonds. The molecule has 0 unspecified atom stereocenters. The summed E-state index contributed by atoms with van der Waals surface area (Å²) in [5.41, 5.74) is 2.89. The Balaban J connectivity index is 1.31. The lowest BCUT2D eigenvalue weighted by atomic mass is 10.1. The van der Waals surface area contributed by atoms with Crippen LogP contribution in [0.25, 0.3) is 11.0 Å². The fraction of sp³-hybridized carbons (Fsp3) is 0.556. The fourth-order valence-electron chi connectivity index (χ4n) is 7.00. The number of sulfone groups is 1. The summed E-state index contributed by atoms with van der Waals surface area (Å²) in [4.78, 5) is 52.0. The molecule has 11 nitrogen and oxygen atoms in total. The van der Waals surface area contributed by atoms with E-state index in [1.54, 1.807) is 17.0 Å². The maximum absolute atomic E-state index is 13.8. The summed E-state index contributed by atoms with van der Waals surface area (Å²) in [7, 11) is -3.26. The van der Waals surface area contributed by atoms with Gasteiger partial charge in [0.05, 0.1) is 22.0 Å². The Kier molecular flexibility index (Phi) is 11.6. The standard InChI is InChI=1S/C36H50N6O5S/c1-26(2)22-35(44)41-20-9-19-39(24-28-12-14-30(15-13-28)48(4,46)47)18-8-7-17-37-36(45)33-23-29(41)25-42(33)34(43)16-21-40-27(3)38-31-10-5-6-11-32(31)40/h5-6,10-15,26,29,33H,7-9,16-25H2,1-4H3,(H,37,45)/t29-,33-/m0/s1. The van der Waals surface area contributed by atoms with Crippen molar-refractivity contribution in [2.75, 3.05) is 39.0 Å². The van der Waals surface area contributed by atoms with Crippen molar-refractivity contribution in [2.24, 2.45) is 5.92 Å². The third kappa shape index (κ3) is 8.82. The molecule has 3 aromatic rings. The zero-order valence-electron chi connectivity index (χ0n) is 28.7. The van der Waals surface area contributed by atoms with Crippen molar-refractivity contribution in [1.29, 1.82) is 0 Å². The second-order valence-corrected chi connectivity index (χ2v) is 15.7. The average Bonchev–Trinajstić information content (AvgIpc) is 3.61. The molecule has 5 rings (SSSR count). The van der Waals surface area contributed by atoms with E-state index >= 15 is 0 Å². The highest BCUT2D eigenvalue weighted by molar-refractivity contribution is 7.90. The lowest BCUT2D eigenvalue weighted by molar-refractivity contribution is -0.139. The number of aromatic nitrogens is 2. The Morgan fingerprint density at radius 3 is 2.42 bits per heavy atom. The molecule has 0 radical (unpaired) electrons. The molecule has 2 saturated heterocycles. The number of fused-ring (bicyclic) bond motifs is 3. The molecular formula is C36H50N6O5S. The summed E-state index contributed by atoms with van der Waals surface area (Å²) in [5, 5.41) is 3.09. The van der Waals surface area contributed by atoms with Gasteiger partial charge in [-0.1, -0.05) is 38.1 Å². The van der Waals surface area contributed by atoms with E-state index in [-0.39, 0.29) is 36.1 Å². The number of nitrogens with zero attached hydrogens (tertiary/aromatic N) is 5. The molecule has 0 aliphatic carbocycles. The first-order valence-corrected chi connectivity index (χ1v) is 19.1. The maximum Gasteiger partial charge on any atom is 0.242 e. The number of aryl methyl sites for hydroxylation is 2. The number of hydrogen-bond donors (Lipinski definition) is 1. The molecule has 48 heavy (non-hydrogen) atoms. The first kappa shape index (κ1) is 35.5. The van der Waals surface area contributed by atoms with Crippen LogP contribution in [-0.4, -0.2) is 101 Å². The van der Waals surface area contributed by atoms with E-state index in [4.69, 9.17) is 0 Å². The third-order valence-corrected chi connectivity index (χ3v) is 10.6. The van der Waals surface area contributed by atoms with Crippen molar-refractivity contribution in [3.63, 3.8) is 0 Å². The molecule has 2 atom stereocenters. The number of hydrogen-bond acceptors (Lipinski definition) is 7. The molecule has 260 valence electrons. The summed E-state index contributed by atoms with van der Waals surface area (Å²) in [6, 6.07) is 14.0. The molecule has 2 aromatic carbocycles. The summed E-state index contributed by atoms with van der Waals surface area (Å²) < 4.78 is 25.9. The highest BCUT2D eigenvalue weighted by Gasteiger charge is 2.42. The van der Waals surface area contributed by atoms with Crippen LogP contribution in [0.15, 0.2) is 53.4 Å². The molecule has 0 spiro atoms. The monoisotopic (exact) mass is 678 g/mol. The van der Waals surface area contributed by atoms with Gasteiger partial charge in [-0.2, -0.15) is 0 Å². The van der Waals surface area contributed by atoms with Gasteiger partial charge in [0.1, 0.15) is 11.9 Å². The van der Waals surface area contributed by atoms with E-state index < -0.39 is 15.9 Å². The van der Waals surface area contributed by atoms with Crippen LogP contribution in [0.1, 0.15) is 63.8 Å². The average molecular weight is 679 g/mol. The molecule has 0 saturated carbocycles. The first-order valence-electron chi connectivity index (χ1n) is 17.2. The topological polar surface area (TPSA) is 125 Å². The Morgan fingerprint density at radius 1 is 0.958 bits per heavy atom. The van der Waals surface area contributed by atoms with Gasteiger partial charge in [-0.3, -0.25) is 19.3 Å². The van der Waals surface area contributed by atoms with Crippen LogP contribution in [-0.2, 0) is 37.3 Å². The number of imidazole rings is 1. The molecule has 12 heteroatoms. The van der Waals surface area contributed by atoms with E-state index in [2.05, 4.69) is 19.8 Å². The van der Waals surface area contributed by atoms with Crippen molar-refractivity contribution in [3.05, 3.63) is 59.9 Å². The number of nitrogens with one attached hydrogen (secondary N) is 1. The van der Waals surface area contributed by atoms with Gasteiger partial charge in [0, 0.05) is 58.4 Å². The maximum atomic E-state index is 13.8. The molecule has 2 aliphatic rings. The second kappa shape index (κ2) is 15.6. The van der Waals surface area contributed by atoms with Crippen LogP contribution in [0.5, 0.6) is 0 Å². The number of amides is 3. The minimum atomic E-state index is -3.26. The highest BCUT2D eigenvalue weighted by atomic mass is 32.2. The van der Waals surface area contributed by atoms with Crippen LogP contribution in [0.4, 0.5) is 0 Å². The molecule has 1 N–H and O–H groups in total. The van der Waals surface area contributed by atoms with Crippen LogP contribution < -0.4 is 5.32 Å². The van der Waals surface area contributed by atoms with Crippen molar-refractivity contribution < 1.29 is 22.8 Å². The third-order valence-electron chi connectivity index (χ3n) is 9.47. The van der Waals surface area contributed by atoms with E-state index in [0.29, 0.717) is 50.5 Å². The number of para-hydroxylation sites is 2. The number of benzene rings is 2. The lowest BCUT2D eigenvalue weighted by Gasteiger charge is -2.31. The minimum Gasteiger partial charge on any atom is -0.354 e. The van der Waals surface area contributed by atoms with E-state index in [1.165, 1.54) is 6.26 Å². The molecule has 3 heterocycles. The van der Waals surface area contributed by atoms with Crippen LogP contribution in [0, 0.1) is 12.8 Å². The second-order valence-electron chi connectivity index (χ2n) is 13.7. The van der Waals surface area contributed by atoms with E-state index in [9.17, 15) is 22.8 Å². The van der Waals surface area contributed by atoms with Crippen LogP contribution >= 0.6 is 0 Å². The van der Waals surface area contributed by atoms with Gasteiger partial charge in [-0.25, -0.2) is 13.4 Å². The van der Waals surface area contributed by atoms with E-state index in [0.717, 1.165) is 54.8 Å². The predicted octanol–water partition coefficient (Wildman–Crippen LogP) is 3.78. The zero-order chi connectivity index (χ0) is 34.4. The van der Waals surface area contributed by atoms with Crippen molar-refractivity contribution >= 4 is 38.6 Å². The quantitative estimate of drug-likeness (QED) is 0.385. The molecule has 2 bridgehead atoms. The highest BCUT2D eigenvalue weighted by Crippen LogP contribution is 2.26. The fourth-order valence-corrected chi connectivity index (χ4v) is 7.63. The largest absolute Gasteiger partial charge is 0.354 e.